The monoisotopic (exact) mass is 453 g/mol. The van der Waals surface area contributed by atoms with Gasteiger partial charge in [-0.05, 0) is 32.0 Å². The number of ether oxygens (including phenoxy) is 5. The summed E-state index contributed by atoms with van der Waals surface area (Å²) in [6.45, 7) is 3.74. The topological polar surface area (TPSA) is 131 Å². The van der Waals surface area contributed by atoms with Crippen molar-refractivity contribution in [3.05, 3.63) is 35.7 Å². The maximum absolute atomic E-state index is 12.7. The van der Waals surface area contributed by atoms with Crippen LogP contribution in [0.5, 0.6) is 23.8 Å². The highest BCUT2D eigenvalue weighted by Crippen LogP contribution is 2.34. The Kier molecular flexibility index (Phi) is 6.22. The number of hydrogen-bond donors (Lipinski definition) is 1. The van der Waals surface area contributed by atoms with Gasteiger partial charge in [-0.3, -0.25) is 0 Å². The predicted octanol–water partition coefficient (Wildman–Crippen LogP) is 3.42. The Morgan fingerprint density at radius 2 is 1.70 bits per heavy atom. The van der Waals surface area contributed by atoms with Crippen LogP contribution in [0.15, 0.2) is 24.4 Å². The number of rotatable bonds is 8. The Morgan fingerprint density at radius 3 is 2.33 bits per heavy atom. The molecule has 0 saturated carbocycles. The molecule has 0 aliphatic carbocycles. The minimum Gasteiger partial charge on any atom is -0.467 e. The first-order chi connectivity index (χ1) is 15.9. The number of hydrogen-bond acceptors (Lipinski definition) is 10. The average Bonchev–Trinajstić information content (AvgIpc) is 3.17. The van der Waals surface area contributed by atoms with Gasteiger partial charge in [-0.25, -0.2) is 9.78 Å². The summed E-state index contributed by atoms with van der Waals surface area (Å²) in [5.74, 6) is -0.0460. The summed E-state index contributed by atoms with van der Waals surface area (Å²) in [5.41, 5.74) is 2.40. The molecular weight excluding hydrogens is 430 g/mol. The fourth-order valence-corrected chi connectivity index (χ4v) is 3.39. The van der Waals surface area contributed by atoms with Crippen molar-refractivity contribution in [1.82, 2.24) is 24.9 Å². The highest BCUT2D eigenvalue weighted by Gasteiger charge is 2.21. The molecule has 0 aliphatic rings. The Hall–Kier alpha value is -3.99. The lowest BCUT2D eigenvalue weighted by atomic mass is 10.1. The third-order valence-corrected chi connectivity index (χ3v) is 4.68. The standard InChI is InChI=1S/C22H23N5O6/c1-11(2)32-19(28)18-14(10-29-3)17-13-8-12(6-7-15(13)24-16(17)9-23-18)33-22-26-20(30-4)25-21(27-22)31-5/h6-9,11,24H,10H2,1-5H3. The molecule has 0 bridgehead atoms. The van der Waals surface area contributed by atoms with Gasteiger partial charge in [0.1, 0.15) is 5.75 Å². The van der Waals surface area contributed by atoms with E-state index in [0.717, 1.165) is 21.8 Å². The first kappa shape index (κ1) is 22.2. The van der Waals surface area contributed by atoms with E-state index < -0.39 is 5.97 Å². The number of aromatic amines is 1. The molecule has 0 unspecified atom stereocenters. The van der Waals surface area contributed by atoms with Crippen LogP contribution < -0.4 is 14.2 Å². The zero-order valence-corrected chi connectivity index (χ0v) is 18.8. The number of aromatic nitrogens is 5. The van der Waals surface area contributed by atoms with E-state index in [1.54, 1.807) is 33.2 Å². The lowest BCUT2D eigenvalue weighted by Gasteiger charge is -2.12. The van der Waals surface area contributed by atoms with Crippen molar-refractivity contribution in [2.24, 2.45) is 0 Å². The molecule has 4 aromatic rings. The molecule has 33 heavy (non-hydrogen) atoms. The lowest BCUT2D eigenvalue weighted by molar-refractivity contribution is 0.0366. The number of esters is 1. The van der Waals surface area contributed by atoms with E-state index in [1.807, 2.05) is 12.1 Å². The molecule has 3 aromatic heterocycles. The van der Waals surface area contributed by atoms with Gasteiger partial charge in [-0.15, -0.1) is 15.0 Å². The largest absolute Gasteiger partial charge is 0.467 e. The van der Waals surface area contributed by atoms with Gasteiger partial charge >= 0.3 is 24.0 Å². The molecule has 0 saturated heterocycles. The molecule has 1 N–H and O–H groups in total. The summed E-state index contributed by atoms with van der Waals surface area (Å²) in [6.07, 6.45) is 1.33. The molecule has 0 aliphatic heterocycles. The van der Waals surface area contributed by atoms with Crippen LogP contribution in [-0.4, -0.2) is 58.3 Å². The van der Waals surface area contributed by atoms with Gasteiger partial charge < -0.3 is 28.7 Å². The number of fused-ring (bicyclic) bond motifs is 3. The molecule has 11 heteroatoms. The number of H-pyrrole nitrogens is 1. The van der Waals surface area contributed by atoms with Gasteiger partial charge in [0.05, 0.1) is 38.6 Å². The van der Waals surface area contributed by atoms with E-state index in [4.69, 9.17) is 23.7 Å². The van der Waals surface area contributed by atoms with Crippen molar-refractivity contribution < 1.29 is 28.5 Å². The van der Waals surface area contributed by atoms with Crippen LogP contribution in [0.2, 0.25) is 0 Å². The summed E-state index contributed by atoms with van der Waals surface area (Å²) in [5, 5.41) is 1.59. The number of carbonyl (C=O) groups excluding carboxylic acids is 1. The van der Waals surface area contributed by atoms with Crippen LogP contribution in [0.3, 0.4) is 0 Å². The van der Waals surface area contributed by atoms with Crippen LogP contribution in [0.4, 0.5) is 0 Å². The maximum Gasteiger partial charge on any atom is 0.357 e. The van der Waals surface area contributed by atoms with Crippen LogP contribution in [0, 0.1) is 0 Å². The van der Waals surface area contributed by atoms with Gasteiger partial charge in [0.25, 0.3) is 0 Å². The molecule has 172 valence electrons. The molecule has 0 amide bonds. The third kappa shape index (κ3) is 4.48. The van der Waals surface area contributed by atoms with E-state index in [0.29, 0.717) is 11.3 Å². The Labute approximate surface area is 189 Å². The predicted molar refractivity (Wildman–Crippen MR) is 118 cm³/mol. The summed E-state index contributed by atoms with van der Waals surface area (Å²) >= 11 is 0. The number of pyridine rings is 1. The van der Waals surface area contributed by atoms with E-state index in [2.05, 4.69) is 24.9 Å². The van der Waals surface area contributed by atoms with Crippen LogP contribution in [-0.2, 0) is 16.1 Å². The molecule has 0 atom stereocenters. The van der Waals surface area contributed by atoms with E-state index in [9.17, 15) is 4.79 Å². The maximum atomic E-state index is 12.7. The minimum absolute atomic E-state index is 0.0119. The number of methoxy groups -OCH3 is 3. The smallest absolute Gasteiger partial charge is 0.357 e. The van der Waals surface area contributed by atoms with E-state index in [1.165, 1.54) is 14.2 Å². The number of benzene rings is 1. The Balaban J connectivity index is 1.82. The SMILES string of the molecule is COCc1c(C(=O)OC(C)C)ncc2[nH]c3ccc(Oc4nc(OC)nc(OC)n4)cc3c12. The lowest BCUT2D eigenvalue weighted by Crippen LogP contribution is -2.15. The normalized spacial score (nSPS) is 11.2. The second kappa shape index (κ2) is 9.25. The van der Waals surface area contributed by atoms with Crippen molar-refractivity contribution in [3.63, 3.8) is 0 Å². The van der Waals surface area contributed by atoms with Crippen LogP contribution >= 0.6 is 0 Å². The number of nitrogens with one attached hydrogen (secondary N) is 1. The zero-order chi connectivity index (χ0) is 23.5. The molecule has 0 radical (unpaired) electrons. The molecule has 1 aromatic carbocycles. The molecule has 0 fully saturated rings. The Bertz CT molecular complexity index is 1300. The third-order valence-electron chi connectivity index (χ3n) is 4.68. The van der Waals surface area contributed by atoms with Crippen LogP contribution in [0.25, 0.3) is 21.8 Å². The highest BCUT2D eigenvalue weighted by atomic mass is 16.5. The number of carbonyl (C=O) groups is 1. The second-order valence-corrected chi connectivity index (χ2v) is 7.29. The molecule has 0 spiro atoms. The van der Waals surface area contributed by atoms with Gasteiger partial charge in [-0.2, -0.15) is 0 Å². The average molecular weight is 453 g/mol. The van der Waals surface area contributed by atoms with E-state index in [-0.39, 0.29) is 36.4 Å². The van der Waals surface area contributed by atoms with Crippen molar-refractivity contribution in [2.75, 3.05) is 21.3 Å². The first-order valence-electron chi connectivity index (χ1n) is 10.1. The second-order valence-electron chi connectivity index (χ2n) is 7.29. The summed E-state index contributed by atoms with van der Waals surface area (Å²) in [6, 6.07) is 5.56. The van der Waals surface area contributed by atoms with Crippen molar-refractivity contribution in [1.29, 1.82) is 0 Å². The van der Waals surface area contributed by atoms with Gasteiger partial charge in [0.2, 0.25) is 0 Å². The molecule has 4 rings (SSSR count). The Morgan fingerprint density at radius 1 is 1.00 bits per heavy atom. The van der Waals surface area contributed by atoms with E-state index >= 15 is 0 Å². The molecule has 3 heterocycles. The van der Waals surface area contributed by atoms with Gasteiger partial charge in [-0.1, -0.05) is 0 Å². The zero-order valence-electron chi connectivity index (χ0n) is 18.8. The molecular formula is C22H23N5O6. The first-order valence-corrected chi connectivity index (χ1v) is 10.1. The van der Waals surface area contributed by atoms with Gasteiger partial charge in [0, 0.05) is 29.0 Å². The number of nitrogens with zero attached hydrogens (tertiary/aromatic N) is 4. The summed E-state index contributed by atoms with van der Waals surface area (Å²) < 4.78 is 26.7. The fraction of sp³-hybridized carbons (Fsp3) is 0.318. The van der Waals surface area contributed by atoms with Crippen molar-refractivity contribution in [2.45, 2.75) is 26.6 Å². The summed E-state index contributed by atoms with van der Waals surface area (Å²) in [4.78, 5) is 32.4. The molecule has 11 nitrogen and oxygen atoms in total. The summed E-state index contributed by atoms with van der Waals surface area (Å²) in [7, 11) is 4.43. The van der Waals surface area contributed by atoms with Crippen molar-refractivity contribution >= 4 is 27.8 Å². The minimum atomic E-state index is -0.509. The highest BCUT2D eigenvalue weighted by molar-refractivity contribution is 6.11. The van der Waals surface area contributed by atoms with Crippen molar-refractivity contribution in [3.8, 4) is 23.8 Å². The fourth-order valence-electron chi connectivity index (χ4n) is 3.39. The quantitative estimate of drug-likeness (QED) is 0.396. The van der Waals surface area contributed by atoms with Crippen LogP contribution in [0.1, 0.15) is 29.9 Å². The van der Waals surface area contributed by atoms with Gasteiger partial charge in [0.15, 0.2) is 5.69 Å².